The molecule has 0 aromatic rings. The second-order valence-electron chi connectivity index (χ2n) is 3.13. The van der Waals surface area contributed by atoms with E-state index in [0.717, 1.165) is 0 Å². The summed E-state index contributed by atoms with van der Waals surface area (Å²) in [6, 6.07) is 0. The Morgan fingerprint density at radius 3 is 2.50 bits per heavy atom. The molecular formula is C8H6F6O4. The standard InChI is InChI=1S/C8H6F6O4/c9-4(1-5(10)11)2-17-7(8(12,13)14)3-16-6(15)18-7/h1,5H,2-3H2. The summed E-state index contributed by atoms with van der Waals surface area (Å²) in [6.07, 6.45) is -10.3. The maximum Gasteiger partial charge on any atom is 0.511 e. The van der Waals surface area contributed by atoms with E-state index in [-0.39, 0.29) is 6.08 Å². The second-order valence-corrected chi connectivity index (χ2v) is 3.13. The predicted molar refractivity (Wildman–Crippen MR) is 42.4 cm³/mol. The number of rotatable bonds is 4. The predicted octanol–water partition coefficient (Wildman–Crippen LogP) is 2.55. The summed E-state index contributed by atoms with van der Waals surface area (Å²) in [6.45, 7) is -2.77. The Morgan fingerprint density at radius 2 is 2.11 bits per heavy atom. The molecule has 0 bridgehead atoms. The third-order valence-electron chi connectivity index (χ3n) is 1.81. The van der Waals surface area contributed by atoms with Gasteiger partial charge in [-0.05, 0) is 0 Å². The largest absolute Gasteiger partial charge is 0.511 e. The molecule has 10 heteroatoms. The van der Waals surface area contributed by atoms with Gasteiger partial charge in [0.1, 0.15) is 12.4 Å². The number of halogens is 6. The monoisotopic (exact) mass is 280 g/mol. The number of cyclic esters (lactones) is 2. The maximum atomic E-state index is 12.7. The molecule has 1 heterocycles. The molecule has 104 valence electrons. The zero-order chi connectivity index (χ0) is 14.0. The van der Waals surface area contributed by atoms with Crippen molar-refractivity contribution in [3.05, 3.63) is 11.9 Å². The number of ether oxygens (including phenoxy) is 3. The first-order chi connectivity index (χ1) is 8.16. The molecule has 0 aromatic heterocycles. The van der Waals surface area contributed by atoms with Gasteiger partial charge in [0.25, 0.3) is 6.43 Å². The summed E-state index contributed by atoms with van der Waals surface area (Å²) in [4.78, 5) is 10.5. The smallest absolute Gasteiger partial charge is 0.427 e. The van der Waals surface area contributed by atoms with Crippen LogP contribution in [0.5, 0.6) is 0 Å². The lowest BCUT2D eigenvalue weighted by atomic mass is 10.3. The fourth-order valence-electron chi connectivity index (χ4n) is 1.01. The van der Waals surface area contributed by atoms with Gasteiger partial charge in [-0.2, -0.15) is 13.2 Å². The van der Waals surface area contributed by atoms with E-state index >= 15 is 0 Å². The third kappa shape index (κ3) is 3.28. The summed E-state index contributed by atoms with van der Waals surface area (Å²) in [5, 5.41) is 0. The summed E-state index contributed by atoms with van der Waals surface area (Å²) in [5.41, 5.74) is 0. The van der Waals surface area contributed by atoms with Gasteiger partial charge in [-0.1, -0.05) is 0 Å². The van der Waals surface area contributed by atoms with Crippen LogP contribution in [0.3, 0.4) is 0 Å². The van der Waals surface area contributed by atoms with Crippen LogP contribution in [0, 0.1) is 0 Å². The van der Waals surface area contributed by atoms with Crippen LogP contribution in [0.2, 0.25) is 0 Å². The van der Waals surface area contributed by atoms with E-state index in [1.807, 2.05) is 0 Å². The summed E-state index contributed by atoms with van der Waals surface area (Å²) in [7, 11) is 0. The van der Waals surface area contributed by atoms with Crippen molar-refractivity contribution in [3.63, 3.8) is 0 Å². The molecule has 1 saturated heterocycles. The van der Waals surface area contributed by atoms with Crippen LogP contribution in [0.25, 0.3) is 0 Å². The third-order valence-corrected chi connectivity index (χ3v) is 1.81. The molecule has 1 rings (SSSR count). The van der Waals surface area contributed by atoms with E-state index in [0.29, 0.717) is 0 Å². The second kappa shape index (κ2) is 5.04. The number of allylic oxidation sites excluding steroid dienone is 1. The minimum absolute atomic E-state index is 0.234. The van der Waals surface area contributed by atoms with Crippen molar-refractivity contribution in [1.29, 1.82) is 0 Å². The molecule has 18 heavy (non-hydrogen) atoms. The first kappa shape index (κ1) is 14.6. The molecule has 0 spiro atoms. The molecular weight excluding hydrogens is 274 g/mol. The van der Waals surface area contributed by atoms with Crippen LogP contribution >= 0.6 is 0 Å². The lowest BCUT2D eigenvalue weighted by Crippen LogP contribution is -2.50. The zero-order valence-corrected chi connectivity index (χ0v) is 8.47. The fourth-order valence-corrected chi connectivity index (χ4v) is 1.01. The number of carbonyl (C=O) groups is 1. The first-order valence-corrected chi connectivity index (χ1v) is 4.37. The van der Waals surface area contributed by atoms with Gasteiger partial charge in [0.2, 0.25) is 0 Å². The summed E-state index contributed by atoms with van der Waals surface area (Å²) < 4.78 is 85.3. The molecule has 1 fully saturated rings. The molecule has 0 aliphatic carbocycles. The number of alkyl halides is 5. The normalized spacial score (nSPS) is 25.3. The molecule has 1 aliphatic heterocycles. The van der Waals surface area contributed by atoms with Gasteiger partial charge < -0.3 is 14.2 Å². The van der Waals surface area contributed by atoms with Crippen molar-refractivity contribution >= 4 is 6.16 Å². The molecule has 4 nitrogen and oxygen atoms in total. The van der Waals surface area contributed by atoms with Crippen molar-refractivity contribution in [2.45, 2.75) is 18.4 Å². The number of hydrogen-bond acceptors (Lipinski definition) is 4. The van der Waals surface area contributed by atoms with Crippen molar-refractivity contribution < 1.29 is 45.3 Å². The van der Waals surface area contributed by atoms with Crippen molar-refractivity contribution in [2.75, 3.05) is 13.2 Å². The molecule has 0 aromatic carbocycles. The first-order valence-electron chi connectivity index (χ1n) is 4.37. The van der Waals surface area contributed by atoms with Gasteiger partial charge in [-0.3, -0.25) is 0 Å². The van der Waals surface area contributed by atoms with E-state index in [2.05, 4.69) is 14.2 Å². The Hall–Kier alpha value is -1.45. The van der Waals surface area contributed by atoms with E-state index in [1.54, 1.807) is 0 Å². The van der Waals surface area contributed by atoms with Gasteiger partial charge in [0.05, 0.1) is 0 Å². The van der Waals surface area contributed by atoms with E-state index in [1.165, 1.54) is 0 Å². The number of hydrogen-bond donors (Lipinski definition) is 0. The summed E-state index contributed by atoms with van der Waals surface area (Å²) >= 11 is 0. The SMILES string of the molecule is O=C1OCC(OCC(F)=CC(F)F)(C(F)(F)F)O1. The molecule has 1 aliphatic rings. The molecule has 1 unspecified atom stereocenters. The highest BCUT2D eigenvalue weighted by molar-refractivity contribution is 5.62. The summed E-state index contributed by atoms with van der Waals surface area (Å²) in [5.74, 6) is -5.10. The van der Waals surface area contributed by atoms with Crippen molar-refractivity contribution in [1.82, 2.24) is 0 Å². The molecule has 0 radical (unpaired) electrons. The van der Waals surface area contributed by atoms with Crippen molar-refractivity contribution in [3.8, 4) is 0 Å². The Kier molecular flexibility index (Phi) is 4.09. The van der Waals surface area contributed by atoms with E-state index in [9.17, 15) is 31.1 Å². The van der Waals surface area contributed by atoms with Gasteiger partial charge in [-0.25, -0.2) is 18.0 Å². The average Bonchev–Trinajstić information content (AvgIpc) is 2.56. The Balaban J connectivity index is 2.74. The maximum absolute atomic E-state index is 12.7. The Bertz CT molecular complexity index is 352. The Labute approximate surface area is 96.1 Å². The Morgan fingerprint density at radius 1 is 1.50 bits per heavy atom. The van der Waals surface area contributed by atoms with Crippen molar-refractivity contribution in [2.24, 2.45) is 0 Å². The minimum atomic E-state index is -5.19. The zero-order valence-electron chi connectivity index (χ0n) is 8.47. The van der Waals surface area contributed by atoms with Gasteiger partial charge in [0.15, 0.2) is 6.61 Å². The van der Waals surface area contributed by atoms with E-state index in [4.69, 9.17) is 0 Å². The van der Waals surface area contributed by atoms with Gasteiger partial charge >= 0.3 is 18.1 Å². The fraction of sp³-hybridized carbons (Fsp3) is 0.625. The molecule has 0 saturated carbocycles. The lowest BCUT2D eigenvalue weighted by Gasteiger charge is -2.26. The highest BCUT2D eigenvalue weighted by atomic mass is 19.4. The van der Waals surface area contributed by atoms with Crippen LogP contribution in [-0.4, -0.2) is 37.8 Å². The van der Waals surface area contributed by atoms with Crippen LogP contribution in [-0.2, 0) is 14.2 Å². The van der Waals surface area contributed by atoms with Gasteiger partial charge in [0, 0.05) is 6.08 Å². The van der Waals surface area contributed by atoms with Gasteiger partial charge in [-0.15, -0.1) is 0 Å². The molecule has 1 atom stereocenters. The van der Waals surface area contributed by atoms with E-state index < -0.39 is 43.6 Å². The number of carbonyl (C=O) groups excluding carboxylic acids is 1. The quantitative estimate of drug-likeness (QED) is 0.586. The molecule has 0 amide bonds. The van der Waals surface area contributed by atoms with Crippen LogP contribution in [0.1, 0.15) is 0 Å². The lowest BCUT2D eigenvalue weighted by molar-refractivity contribution is -0.347. The minimum Gasteiger partial charge on any atom is -0.427 e. The molecule has 0 N–H and O–H groups in total. The average molecular weight is 280 g/mol. The van der Waals surface area contributed by atoms with Crippen LogP contribution in [0.4, 0.5) is 31.1 Å². The highest BCUT2D eigenvalue weighted by Crippen LogP contribution is 2.39. The highest BCUT2D eigenvalue weighted by Gasteiger charge is 2.65. The van der Waals surface area contributed by atoms with Crippen LogP contribution < -0.4 is 0 Å². The van der Waals surface area contributed by atoms with Crippen LogP contribution in [0.15, 0.2) is 11.9 Å². The topological polar surface area (TPSA) is 44.8 Å².